The Kier molecular flexibility index (Phi) is 3.06. The van der Waals surface area contributed by atoms with Crippen LogP contribution in [0.25, 0.3) is 0 Å². The number of nitrogens with zero attached hydrogens (tertiary/aromatic N) is 1. The van der Waals surface area contributed by atoms with E-state index in [0.717, 1.165) is 12.1 Å². The van der Waals surface area contributed by atoms with E-state index in [0.29, 0.717) is 12.2 Å². The van der Waals surface area contributed by atoms with Crippen molar-refractivity contribution < 1.29 is 9.90 Å². The summed E-state index contributed by atoms with van der Waals surface area (Å²) in [5, 5.41) is 8.85. The first kappa shape index (κ1) is 9.77. The number of aryl methyl sites for hydroxylation is 1. The lowest BCUT2D eigenvalue weighted by Gasteiger charge is -2.04. The van der Waals surface area contributed by atoms with Crippen LogP contribution in [0.15, 0.2) is 6.20 Å². The molecule has 1 aromatic heterocycles. The third-order valence-electron chi connectivity index (χ3n) is 2.07. The highest BCUT2D eigenvalue weighted by atomic mass is 16.4. The van der Waals surface area contributed by atoms with Crippen LogP contribution >= 0.6 is 0 Å². The van der Waals surface area contributed by atoms with Crippen molar-refractivity contribution in [3.05, 3.63) is 17.7 Å². The average molecular weight is 182 g/mol. The van der Waals surface area contributed by atoms with E-state index in [-0.39, 0.29) is 0 Å². The second-order valence-electron chi connectivity index (χ2n) is 2.95. The van der Waals surface area contributed by atoms with Crippen molar-refractivity contribution in [3.63, 3.8) is 0 Å². The Hall–Kier alpha value is -1.32. The minimum atomic E-state index is -0.820. The average Bonchev–Trinajstić information content (AvgIpc) is 2.53. The summed E-state index contributed by atoms with van der Waals surface area (Å²) in [6, 6.07) is 0. The highest BCUT2D eigenvalue weighted by Crippen LogP contribution is 2.16. The maximum Gasteiger partial charge on any atom is 0.314 e. The Balaban J connectivity index is 2.85. The molecule has 0 aliphatic rings. The normalized spacial score (nSPS) is 12.8. The number of rotatable bonds is 4. The summed E-state index contributed by atoms with van der Waals surface area (Å²) in [4.78, 5) is 17.8. The summed E-state index contributed by atoms with van der Waals surface area (Å²) in [7, 11) is 0. The number of aliphatic carboxylic acids is 1. The molecule has 0 amide bonds. The highest BCUT2D eigenvalue weighted by molar-refractivity contribution is 5.74. The second kappa shape index (κ2) is 4.07. The van der Waals surface area contributed by atoms with E-state index in [1.165, 1.54) is 0 Å². The quantitative estimate of drug-likeness (QED) is 0.742. The molecule has 13 heavy (non-hydrogen) atoms. The monoisotopic (exact) mass is 182 g/mol. The summed E-state index contributed by atoms with van der Waals surface area (Å²) >= 11 is 0. The number of carboxylic acid groups (broad SMARTS) is 1. The number of hydrogen-bond donors (Lipinski definition) is 2. The first-order valence-corrected chi connectivity index (χ1v) is 4.45. The Morgan fingerprint density at radius 1 is 1.69 bits per heavy atom. The predicted molar refractivity (Wildman–Crippen MR) is 48.6 cm³/mol. The van der Waals surface area contributed by atoms with E-state index >= 15 is 0 Å². The first-order chi connectivity index (χ1) is 6.19. The third-order valence-corrected chi connectivity index (χ3v) is 2.07. The molecular formula is C9H14N2O2. The zero-order chi connectivity index (χ0) is 9.84. The summed E-state index contributed by atoms with van der Waals surface area (Å²) in [6.45, 7) is 3.84. The van der Waals surface area contributed by atoms with Gasteiger partial charge in [0.1, 0.15) is 11.7 Å². The lowest BCUT2D eigenvalue weighted by atomic mass is 10.1. The standard InChI is InChI=1S/C9H14N2O2/c1-3-6-5-10-8(11-6)7(4-2)9(12)13/h5,7H,3-4H2,1-2H3,(H,10,11)(H,12,13). The van der Waals surface area contributed by atoms with E-state index in [4.69, 9.17) is 5.11 Å². The lowest BCUT2D eigenvalue weighted by molar-refractivity contribution is -0.139. The van der Waals surface area contributed by atoms with Gasteiger partial charge in [-0.05, 0) is 12.8 Å². The van der Waals surface area contributed by atoms with Gasteiger partial charge >= 0.3 is 5.97 Å². The number of carboxylic acids is 1. The van der Waals surface area contributed by atoms with Crippen LogP contribution in [0.1, 0.15) is 37.7 Å². The fourth-order valence-corrected chi connectivity index (χ4v) is 1.22. The zero-order valence-electron chi connectivity index (χ0n) is 7.87. The minimum Gasteiger partial charge on any atom is -0.481 e. The minimum absolute atomic E-state index is 0.500. The van der Waals surface area contributed by atoms with Crippen LogP contribution in [0.3, 0.4) is 0 Å². The molecule has 4 heteroatoms. The topological polar surface area (TPSA) is 66.0 Å². The number of imidazole rings is 1. The van der Waals surface area contributed by atoms with Gasteiger partial charge in [0.05, 0.1) is 0 Å². The summed E-state index contributed by atoms with van der Waals surface area (Å²) in [5.74, 6) is -0.758. The predicted octanol–water partition coefficient (Wildman–Crippen LogP) is 1.55. The molecule has 0 spiro atoms. The zero-order valence-corrected chi connectivity index (χ0v) is 7.87. The van der Waals surface area contributed by atoms with Gasteiger partial charge in [-0.25, -0.2) is 4.98 Å². The van der Waals surface area contributed by atoms with E-state index in [9.17, 15) is 4.79 Å². The summed E-state index contributed by atoms with van der Waals surface area (Å²) < 4.78 is 0. The molecule has 0 fully saturated rings. The van der Waals surface area contributed by atoms with Gasteiger partial charge < -0.3 is 10.1 Å². The van der Waals surface area contributed by atoms with Gasteiger partial charge in [-0.3, -0.25) is 4.79 Å². The molecule has 1 unspecified atom stereocenters. The molecule has 0 aromatic carbocycles. The number of carbonyl (C=O) groups is 1. The van der Waals surface area contributed by atoms with Crippen molar-refractivity contribution in [2.24, 2.45) is 0 Å². The molecule has 0 aliphatic heterocycles. The molecule has 2 N–H and O–H groups in total. The van der Waals surface area contributed by atoms with Gasteiger partial charge in [-0.2, -0.15) is 0 Å². The van der Waals surface area contributed by atoms with Crippen LogP contribution in [0, 0.1) is 0 Å². The Morgan fingerprint density at radius 3 is 2.77 bits per heavy atom. The van der Waals surface area contributed by atoms with Gasteiger partial charge in [-0.1, -0.05) is 13.8 Å². The number of hydrogen-bond acceptors (Lipinski definition) is 2. The first-order valence-electron chi connectivity index (χ1n) is 4.45. The molecule has 0 saturated heterocycles. The lowest BCUT2D eigenvalue weighted by Crippen LogP contribution is -2.12. The second-order valence-corrected chi connectivity index (χ2v) is 2.95. The van der Waals surface area contributed by atoms with E-state index in [2.05, 4.69) is 9.97 Å². The Bertz CT molecular complexity index is 294. The van der Waals surface area contributed by atoms with Gasteiger partial charge in [0.25, 0.3) is 0 Å². The molecule has 72 valence electrons. The molecular weight excluding hydrogens is 168 g/mol. The van der Waals surface area contributed by atoms with Crippen LogP contribution in [0.2, 0.25) is 0 Å². The fraction of sp³-hybridized carbons (Fsp3) is 0.556. The molecule has 0 aliphatic carbocycles. The Labute approximate surface area is 77.0 Å². The van der Waals surface area contributed by atoms with Crippen molar-refractivity contribution in [2.45, 2.75) is 32.6 Å². The molecule has 1 aromatic rings. The number of H-pyrrole nitrogens is 1. The molecule has 1 heterocycles. The maximum absolute atomic E-state index is 10.8. The van der Waals surface area contributed by atoms with Gasteiger partial charge in [0.15, 0.2) is 0 Å². The Morgan fingerprint density at radius 2 is 2.38 bits per heavy atom. The summed E-state index contributed by atoms with van der Waals surface area (Å²) in [5.41, 5.74) is 0.981. The van der Waals surface area contributed by atoms with E-state index in [1.807, 2.05) is 13.8 Å². The fourth-order valence-electron chi connectivity index (χ4n) is 1.22. The van der Waals surface area contributed by atoms with E-state index < -0.39 is 11.9 Å². The van der Waals surface area contributed by atoms with Crippen molar-refractivity contribution in [1.82, 2.24) is 9.97 Å². The van der Waals surface area contributed by atoms with Gasteiger partial charge in [0, 0.05) is 11.9 Å². The van der Waals surface area contributed by atoms with Gasteiger partial charge in [-0.15, -0.1) is 0 Å². The highest BCUT2D eigenvalue weighted by Gasteiger charge is 2.20. The molecule has 1 atom stereocenters. The molecule has 1 rings (SSSR count). The van der Waals surface area contributed by atoms with Crippen molar-refractivity contribution in [1.29, 1.82) is 0 Å². The van der Waals surface area contributed by atoms with Crippen LogP contribution in [0.4, 0.5) is 0 Å². The maximum atomic E-state index is 10.8. The van der Waals surface area contributed by atoms with Crippen LogP contribution < -0.4 is 0 Å². The SMILES string of the molecule is CCc1cnc(C(CC)C(=O)O)[nH]1. The van der Waals surface area contributed by atoms with Crippen LogP contribution in [-0.2, 0) is 11.2 Å². The van der Waals surface area contributed by atoms with Crippen LogP contribution in [0.5, 0.6) is 0 Å². The molecule has 0 radical (unpaired) electrons. The smallest absolute Gasteiger partial charge is 0.314 e. The van der Waals surface area contributed by atoms with Crippen molar-refractivity contribution in [3.8, 4) is 0 Å². The molecule has 0 saturated carbocycles. The van der Waals surface area contributed by atoms with Gasteiger partial charge in [0.2, 0.25) is 0 Å². The number of aromatic nitrogens is 2. The number of nitrogens with one attached hydrogen (secondary N) is 1. The third kappa shape index (κ3) is 2.08. The van der Waals surface area contributed by atoms with E-state index in [1.54, 1.807) is 6.20 Å². The van der Waals surface area contributed by atoms with Crippen molar-refractivity contribution >= 4 is 5.97 Å². The van der Waals surface area contributed by atoms with Crippen LogP contribution in [-0.4, -0.2) is 21.0 Å². The van der Waals surface area contributed by atoms with Crippen molar-refractivity contribution in [2.75, 3.05) is 0 Å². The molecule has 4 nitrogen and oxygen atoms in total. The summed E-state index contributed by atoms with van der Waals surface area (Å²) in [6.07, 6.45) is 3.11. The molecule has 0 bridgehead atoms. The number of aromatic amines is 1. The largest absolute Gasteiger partial charge is 0.481 e.